The molecular formula is C19H15ClN2O3. The van der Waals surface area contributed by atoms with Gasteiger partial charge in [-0.25, -0.2) is 4.79 Å². The van der Waals surface area contributed by atoms with Gasteiger partial charge in [-0.3, -0.25) is 0 Å². The van der Waals surface area contributed by atoms with Gasteiger partial charge in [-0.1, -0.05) is 48.0 Å². The summed E-state index contributed by atoms with van der Waals surface area (Å²) in [6.45, 7) is 0.320. The highest BCUT2D eigenvalue weighted by molar-refractivity contribution is 6.31. The van der Waals surface area contributed by atoms with E-state index in [4.69, 9.17) is 21.1 Å². The zero-order valence-corrected chi connectivity index (χ0v) is 14.1. The van der Waals surface area contributed by atoms with E-state index < -0.39 is 6.09 Å². The lowest BCUT2D eigenvalue weighted by atomic mass is 10.1. The molecule has 6 heteroatoms. The molecule has 0 saturated heterocycles. The van der Waals surface area contributed by atoms with Crippen LogP contribution in [-0.2, 0) is 15.9 Å². The summed E-state index contributed by atoms with van der Waals surface area (Å²) >= 11 is 6.01. The quantitative estimate of drug-likeness (QED) is 0.835. The van der Waals surface area contributed by atoms with Crippen molar-refractivity contribution in [3.8, 4) is 0 Å². The molecule has 0 N–H and O–H groups in total. The Labute approximate surface area is 150 Å². The molecule has 1 heterocycles. The van der Waals surface area contributed by atoms with E-state index in [2.05, 4.69) is 5.10 Å². The minimum absolute atomic E-state index is 0.0290. The highest BCUT2D eigenvalue weighted by Gasteiger charge is 2.30. The molecule has 0 unspecified atom stereocenters. The van der Waals surface area contributed by atoms with E-state index >= 15 is 0 Å². The fraction of sp³-hybridized carbons (Fsp3) is 0.158. The van der Waals surface area contributed by atoms with E-state index in [1.165, 1.54) is 5.01 Å². The second-order valence-corrected chi connectivity index (χ2v) is 6.15. The van der Waals surface area contributed by atoms with Crippen LogP contribution in [0.5, 0.6) is 0 Å². The summed E-state index contributed by atoms with van der Waals surface area (Å²) in [4.78, 5) is 12.2. The van der Waals surface area contributed by atoms with Gasteiger partial charge in [0.15, 0.2) is 12.5 Å². The monoisotopic (exact) mass is 354 g/mol. The lowest BCUT2D eigenvalue weighted by Gasteiger charge is -2.23. The molecule has 1 amide bonds. The number of nitrogens with zero attached hydrogens (tertiary/aromatic N) is 2. The van der Waals surface area contributed by atoms with E-state index in [9.17, 15) is 4.79 Å². The van der Waals surface area contributed by atoms with E-state index in [0.29, 0.717) is 29.5 Å². The average Bonchev–Trinajstić information content (AvgIpc) is 2.99. The maximum Gasteiger partial charge on any atom is 0.433 e. The Bertz CT molecular complexity index is 877. The summed E-state index contributed by atoms with van der Waals surface area (Å²) in [7, 11) is 0. The second kappa shape index (κ2) is 6.61. The molecule has 0 radical (unpaired) electrons. The zero-order chi connectivity index (χ0) is 17.2. The van der Waals surface area contributed by atoms with Crippen LogP contribution < -0.4 is 0 Å². The Morgan fingerprint density at radius 2 is 2.08 bits per heavy atom. The number of hydrogen-bond acceptors (Lipinski definition) is 4. The van der Waals surface area contributed by atoms with Crippen LogP contribution in [0.25, 0.3) is 6.08 Å². The van der Waals surface area contributed by atoms with Crippen molar-refractivity contribution in [2.45, 2.75) is 6.42 Å². The van der Waals surface area contributed by atoms with E-state index in [0.717, 1.165) is 16.7 Å². The predicted molar refractivity (Wildman–Crippen MR) is 95.3 cm³/mol. The van der Waals surface area contributed by atoms with Gasteiger partial charge in [0.1, 0.15) is 5.71 Å². The molecule has 2 aromatic rings. The van der Waals surface area contributed by atoms with Gasteiger partial charge >= 0.3 is 6.09 Å². The van der Waals surface area contributed by atoms with Crippen LogP contribution in [0.3, 0.4) is 0 Å². The molecule has 1 aliphatic carbocycles. The van der Waals surface area contributed by atoms with Crippen molar-refractivity contribution < 1.29 is 14.3 Å². The number of fused-ring (bicyclic) bond motifs is 3. The Morgan fingerprint density at radius 3 is 2.92 bits per heavy atom. The maximum absolute atomic E-state index is 12.2. The van der Waals surface area contributed by atoms with Gasteiger partial charge < -0.3 is 9.47 Å². The van der Waals surface area contributed by atoms with Crippen LogP contribution in [0.15, 0.2) is 59.4 Å². The molecule has 0 aromatic heterocycles. The molecule has 0 atom stereocenters. The molecule has 0 spiro atoms. The summed E-state index contributed by atoms with van der Waals surface area (Å²) in [5, 5.41) is 6.22. The maximum atomic E-state index is 12.2. The Hall–Kier alpha value is -2.79. The third-order valence-corrected chi connectivity index (χ3v) is 4.26. The van der Waals surface area contributed by atoms with Crippen molar-refractivity contribution in [3.05, 3.63) is 76.0 Å². The Kier molecular flexibility index (Phi) is 4.15. The van der Waals surface area contributed by atoms with Crippen LogP contribution in [-0.4, -0.2) is 30.2 Å². The number of hydrazone groups is 1. The first-order chi connectivity index (χ1) is 12.2. The molecule has 4 rings (SSSR count). The number of benzene rings is 2. The normalized spacial score (nSPS) is 14.8. The lowest BCUT2D eigenvalue weighted by Crippen LogP contribution is -2.34. The number of carbonyl (C=O) groups excluding carboxylic acids is 1. The number of halogens is 1. The van der Waals surface area contributed by atoms with E-state index in [1.807, 2.05) is 48.5 Å². The second-order valence-electron chi connectivity index (χ2n) is 5.71. The predicted octanol–water partition coefficient (Wildman–Crippen LogP) is 4.07. The third kappa shape index (κ3) is 3.23. The Morgan fingerprint density at radius 1 is 1.24 bits per heavy atom. The van der Waals surface area contributed by atoms with Gasteiger partial charge in [-0.2, -0.15) is 10.1 Å². The standard InChI is InChI=1S/C19H15ClN2O3/c20-15-6-7-16-14(10-15)11-17-18(16)21-22(12-25-17)19(23)24-9-8-13-4-2-1-3-5-13/h1-7,10-11H,8-9,12H2. The summed E-state index contributed by atoms with van der Waals surface area (Å²) in [6, 6.07) is 15.4. The molecule has 1 aliphatic heterocycles. The molecule has 2 aromatic carbocycles. The molecule has 5 nitrogen and oxygen atoms in total. The number of carbonyl (C=O) groups is 1. The zero-order valence-electron chi connectivity index (χ0n) is 13.3. The largest absolute Gasteiger partial charge is 0.469 e. The van der Waals surface area contributed by atoms with E-state index in [-0.39, 0.29) is 6.73 Å². The summed E-state index contributed by atoms with van der Waals surface area (Å²) in [5.74, 6) is 0.644. The molecule has 0 saturated carbocycles. The van der Waals surface area contributed by atoms with Crippen molar-refractivity contribution in [2.75, 3.05) is 13.3 Å². The first kappa shape index (κ1) is 15.7. The highest BCUT2D eigenvalue weighted by Crippen LogP contribution is 2.31. The first-order valence-electron chi connectivity index (χ1n) is 7.92. The third-order valence-electron chi connectivity index (χ3n) is 4.02. The molecular weight excluding hydrogens is 340 g/mol. The number of hydrogen-bond donors (Lipinski definition) is 0. The molecule has 0 fully saturated rings. The van der Waals surface area contributed by atoms with Crippen molar-refractivity contribution in [3.63, 3.8) is 0 Å². The van der Waals surface area contributed by atoms with Gasteiger partial charge in [0.25, 0.3) is 0 Å². The molecule has 25 heavy (non-hydrogen) atoms. The van der Waals surface area contributed by atoms with Crippen LogP contribution in [0.1, 0.15) is 16.7 Å². The van der Waals surface area contributed by atoms with Crippen LogP contribution in [0, 0.1) is 0 Å². The minimum Gasteiger partial charge on any atom is -0.469 e. The van der Waals surface area contributed by atoms with Crippen molar-refractivity contribution in [1.82, 2.24) is 5.01 Å². The van der Waals surface area contributed by atoms with Crippen LogP contribution in [0.4, 0.5) is 4.79 Å². The van der Waals surface area contributed by atoms with E-state index in [1.54, 1.807) is 6.07 Å². The lowest BCUT2D eigenvalue weighted by molar-refractivity contribution is 0.0462. The van der Waals surface area contributed by atoms with Crippen LogP contribution in [0.2, 0.25) is 5.02 Å². The Balaban J connectivity index is 1.43. The number of rotatable bonds is 3. The number of amides is 1. The highest BCUT2D eigenvalue weighted by atomic mass is 35.5. The van der Waals surface area contributed by atoms with Gasteiger partial charge in [0.05, 0.1) is 6.61 Å². The summed E-state index contributed by atoms with van der Waals surface area (Å²) in [5.41, 5.74) is 3.56. The van der Waals surface area contributed by atoms with Gasteiger partial charge in [0, 0.05) is 17.0 Å². The smallest absolute Gasteiger partial charge is 0.433 e. The topological polar surface area (TPSA) is 51.1 Å². The average molecular weight is 355 g/mol. The van der Waals surface area contributed by atoms with Gasteiger partial charge in [0.2, 0.25) is 0 Å². The fourth-order valence-electron chi connectivity index (χ4n) is 2.77. The molecule has 0 bridgehead atoms. The van der Waals surface area contributed by atoms with Gasteiger partial charge in [-0.15, -0.1) is 0 Å². The SMILES string of the molecule is O=C(OCCc1ccccc1)N1COC2=Cc3cc(Cl)ccc3C2=N1. The van der Waals surface area contributed by atoms with Crippen molar-refractivity contribution in [1.29, 1.82) is 0 Å². The fourth-order valence-corrected chi connectivity index (χ4v) is 2.95. The summed E-state index contributed by atoms with van der Waals surface area (Å²) in [6.07, 6.45) is 2.01. The van der Waals surface area contributed by atoms with Crippen molar-refractivity contribution in [2.24, 2.45) is 5.10 Å². The van der Waals surface area contributed by atoms with Crippen LogP contribution >= 0.6 is 11.6 Å². The minimum atomic E-state index is -0.523. The molecule has 2 aliphatic rings. The van der Waals surface area contributed by atoms with Gasteiger partial charge in [-0.05, 0) is 29.3 Å². The van der Waals surface area contributed by atoms with Crippen molar-refractivity contribution >= 4 is 29.5 Å². The first-order valence-corrected chi connectivity index (χ1v) is 8.30. The number of ether oxygens (including phenoxy) is 2. The molecule has 126 valence electrons. The summed E-state index contributed by atoms with van der Waals surface area (Å²) < 4.78 is 10.9. The number of allylic oxidation sites excluding steroid dienone is 1.